The fraction of sp³-hybridized carbons (Fsp3) is 0.261. The number of anilines is 1. The molecule has 7 heteroatoms. The van der Waals surface area contributed by atoms with Crippen LogP contribution >= 0.6 is 12.2 Å². The molecule has 0 aliphatic heterocycles. The molecule has 2 aromatic rings. The summed E-state index contributed by atoms with van der Waals surface area (Å²) in [4.78, 5) is 25.1. The highest BCUT2D eigenvalue weighted by atomic mass is 32.1. The molecule has 0 heterocycles. The molecule has 0 amide bonds. The number of ether oxygens (including phenoxy) is 2. The number of allylic oxidation sites excluding steroid dienone is 1. The van der Waals surface area contributed by atoms with E-state index in [2.05, 4.69) is 10.6 Å². The van der Waals surface area contributed by atoms with E-state index in [0.717, 1.165) is 11.3 Å². The number of rotatable bonds is 9. The van der Waals surface area contributed by atoms with E-state index in [4.69, 9.17) is 21.7 Å². The van der Waals surface area contributed by atoms with Crippen LogP contribution in [-0.4, -0.2) is 36.7 Å². The third kappa shape index (κ3) is 6.70. The molecule has 0 fully saturated rings. The van der Waals surface area contributed by atoms with E-state index < -0.39 is 18.0 Å². The molecular weight excluding hydrogens is 400 g/mol. The van der Waals surface area contributed by atoms with Gasteiger partial charge >= 0.3 is 11.9 Å². The first-order valence-corrected chi connectivity index (χ1v) is 9.99. The summed E-state index contributed by atoms with van der Waals surface area (Å²) in [6.45, 7) is 3.66. The predicted molar refractivity (Wildman–Crippen MR) is 121 cm³/mol. The zero-order valence-corrected chi connectivity index (χ0v) is 18.1. The summed E-state index contributed by atoms with van der Waals surface area (Å²) < 4.78 is 10.1. The van der Waals surface area contributed by atoms with Gasteiger partial charge in [0.05, 0.1) is 13.7 Å². The SMILES string of the molecule is CCOC(=O)/C(C(=S)N[C@@H](Cc1ccccc1)C(=O)OC)=C(\C)Nc1ccccc1. The van der Waals surface area contributed by atoms with Gasteiger partial charge in [0.25, 0.3) is 0 Å². The summed E-state index contributed by atoms with van der Waals surface area (Å²) in [6.07, 6.45) is 0.356. The van der Waals surface area contributed by atoms with Gasteiger partial charge in [0, 0.05) is 17.8 Å². The highest BCUT2D eigenvalue weighted by molar-refractivity contribution is 7.80. The molecule has 30 heavy (non-hydrogen) atoms. The van der Waals surface area contributed by atoms with Crippen molar-refractivity contribution in [1.82, 2.24) is 5.32 Å². The Morgan fingerprint density at radius 3 is 2.20 bits per heavy atom. The smallest absolute Gasteiger partial charge is 0.342 e. The molecule has 0 aliphatic carbocycles. The first kappa shape index (κ1) is 23.1. The Balaban J connectivity index is 2.29. The molecule has 0 bridgehead atoms. The highest BCUT2D eigenvalue weighted by Crippen LogP contribution is 2.15. The number of thiocarbonyl (C=S) groups is 1. The van der Waals surface area contributed by atoms with Crippen molar-refractivity contribution in [1.29, 1.82) is 0 Å². The molecule has 0 unspecified atom stereocenters. The van der Waals surface area contributed by atoms with E-state index in [1.54, 1.807) is 13.8 Å². The van der Waals surface area contributed by atoms with Crippen LogP contribution in [0.4, 0.5) is 5.69 Å². The van der Waals surface area contributed by atoms with E-state index in [-0.39, 0.29) is 17.2 Å². The molecular formula is C23H26N2O4S. The van der Waals surface area contributed by atoms with Crippen molar-refractivity contribution in [2.24, 2.45) is 0 Å². The number of carbonyl (C=O) groups is 2. The average molecular weight is 427 g/mol. The zero-order chi connectivity index (χ0) is 21.9. The summed E-state index contributed by atoms with van der Waals surface area (Å²) in [7, 11) is 1.31. The fourth-order valence-electron chi connectivity index (χ4n) is 2.84. The lowest BCUT2D eigenvalue weighted by Gasteiger charge is -2.21. The van der Waals surface area contributed by atoms with Crippen LogP contribution in [0.1, 0.15) is 19.4 Å². The number of benzene rings is 2. The molecule has 0 radical (unpaired) electrons. The lowest BCUT2D eigenvalue weighted by atomic mass is 10.1. The third-order valence-electron chi connectivity index (χ3n) is 4.26. The van der Waals surface area contributed by atoms with Crippen molar-refractivity contribution in [2.45, 2.75) is 26.3 Å². The topological polar surface area (TPSA) is 76.7 Å². The summed E-state index contributed by atoms with van der Waals surface area (Å²) in [6, 6.07) is 18.1. The summed E-state index contributed by atoms with van der Waals surface area (Å²) in [5, 5.41) is 6.14. The molecule has 158 valence electrons. The molecule has 0 spiro atoms. The molecule has 0 saturated carbocycles. The second-order valence-corrected chi connectivity index (χ2v) is 6.86. The minimum Gasteiger partial charge on any atom is -0.467 e. The first-order valence-electron chi connectivity index (χ1n) is 9.59. The highest BCUT2D eigenvalue weighted by Gasteiger charge is 2.26. The van der Waals surface area contributed by atoms with Gasteiger partial charge < -0.3 is 20.1 Å². The number of para-hydroxylation sites is 1. The molecule has 0 aliphatic rings. The van der Waals surface area contributed by atoms with E-state index in [1.165, 1.54) is 7.11 Å². The van der Waals surface area contributed by atoms with E-state index in [9.17, 15) is 9.59 Å². The van der Waals surface area contributed by atoms with Crippen LogP contribution in [0.15, 0.2) is 71.9 Å². The molecule has 6 nitrogen and oxygen atoms in total. The van der Waals surface area contributed by atoms with Gasteiger partial charge in [-0.05, 0) is 31.5 Å². The van der Waals surface area contributed by atoms with E-state index >= 15 is 0 Å². The van der Waals surface area contributed by atoms with Crippen LogP contribution in [0.3, 0.4) is 0 Å². The Morgan fingerprint density at radius 2 is 1.63 bits per heavy atom. The van der Waals surface area contributed by atoms with Crippen LogP contribution in [0.2, 0.25) is 0 Å². The quantitative estimate of drug-likeness (QED) is 0.360. The largest absolute Gasteiger partial charge is 0.467 e. The summed E-state index contributed by atoms with van der Waals surface area (Å²) in [5.74, 6) is -1.04. The molecule has 0 aromatic heterocycles. The minimum absolute atomic E-state index is 0.112. The van der Waals surface area contributed by atoms with Crippen LogP contribution < -0.4 is 10.6 Å². The Labute approximate surface area is 182 Å². The molecule has 2 aromatic carbocycles. The lowest BCUT2D eigenvalue weighted by Crippen LogP contribution is -2.44. The Bertz CT molecular complexity index is 898. The van der Waals surface area contributed by atoms with Gasteiger partial charge in [0.15, 0.2) is 0 Å². The molecule has 2 N–H and O–H groups in total. The second kappa shape index (κ2) is 11.7. The average Bonchev–Trinajstić information content (AvgIpc) is 2.74. The van der Waals surface area contributed by atoms with Gasteiger partial charge in [-0.15, -0.1) is 0 Å². The van der Waals surface area contributed by atoms with Crippen molar-refractivity contribution in [2.75, 3.05) is 19.0 Å². The standard InChI is InChI=1S/C23H26N2O4S/c1-4-29-23(27)20(16(2)24-18-13-9-6-10-14-18)21(30)25-19(22(26)28-3)15-17-11-7-5-8-12-17/h5-14,19,24H,4,15H2,1-3H3,(H,25,30)/b20-16+/t19-/m0/s1. The third-order valence-corrected chi connectivity index (χ3v) is 4.58. The monoisotopic (exact) mass is 426 g/mol. The normalized spacial score (nSPS) is 12.2. The zero-order valence-electron chi connectivity index (χ0n) is 17.3. The van der Waals surface area contributed by atoms with E-state index in [1.807, 2.05) is 60.7 Å². The van der Waals surface area contributed by atoms with Gasteiger partial charge in [-0.3, -0.25) is 0 Å². The lowest BCUT2D eigenvalue weighted by molar-refractivity contribution is -0.143. The van der Waals surface area contributed by atoms with Crippen LogP contribution in [-0.2, 0) is 25.5 Å². The van der Waals surface area contributed by atoms with Crippen molar-refractivity contribution in [3.63, 3.8) is 0 Å². The van der Waals surface area contributed by atoms with Crippen molar-refractivity contribution >= 4 is 34.8 Å². The Kier molecular flexibility index (Phi) is 9.03. The summed E-state index contributed by atoms with van der Waals surface area (Å²) in [5.41, 5.74) is 2.41. The maximum absolute atomic E-state index is 12.6. The molecule has 2 rings (SSSR count). The number of nitrogens with one attached hydrogen (secondary N) is 2. The number of hydrogen-bond donors (Lipinski definition) is 2. The fourth-order valence-corrected chi connectivity index (χ4v) is 3.21. The summed E-state index contributed by atoms with van der Waals surface area (Å²) >= 11 is 5.50. The van der Waals surface area contributed by atoms with Crippen LogP contribution in [0.5, 0.6) is 0 Å². The number of methoxy groups -OCH3 is 1. The van der Waals surface area contributed by atoms with Crippen molar-refractivity contribution in [3.05, 3.63) is 77.5 Å². The van der Waals surface area contributed by atoms with E-state index in [0.29, 0.717) is 12.1 Å². The second-order valence-electron chi connectivity index (χ2n) is 6.45. The van der Waals surface area contributed by atoms with Crippen molar-refractivity contribution < 1.29 is 19.1 Å². The van der Waals surface area contributed by atoms with Gasteiger partial charge in [-0.25, -0.2) is 9.59 Å². The van der Waals surface area contributed by atoms with Crippen LogP contribution in [0, 0.1) is 0 Å². The maximum atomic E-state index is 12.6. The number of carbonyl (C=O) groups excluding carboxylic acids is 2. The van der Waals surface area contributed by atoms with Gasteiger partial charge in [-0.2, -0.15) is 0 Å². The molecule has 1 atom stereocenters. The maximum Gasteiger partial charge on any atom is 0.342 e. The number of hydrogen-bond acceptors (Lipinski definition) is 6. The Morgan fingerprint density at radius 1 is 1.03 bits per heavy atom. The molecule has 0 saturated heterocycles. The van der Waals surface area contributed by atoms with Crippen LogP contribution in [0.25, 0.3) is 0 Å². The minimum atomic E-state index is -0.751. The van der Waals surface area contributed by atoms with Gasteiger partial charge in [0.2, 0.25) is 0 Å². The number of esters is 2. The van der Waals surface area contributed by atoms with Gasteiger partial charge in [-0.1, -0.05) is 60.7 Å². The predicted octanol–water partition coefficient (Wildman–Crippen LogP) is 3.64. The van der Waals surface area contributed by atoms with Crippen molar-refractivity contribution in [3.8, 4) is 0 Å². The Hall–Kier alpha value is -3.19. The van der Waals surface area contributed by atoms with Gasteiger partial charge in [0.1, 0.15) is 16.6 Å². The first-order chi connectivity index (χ1) is 14.5.